The largest absolute Gasteiger partial charge is 0.383 e. The van der Waals surface area contributed by atoms with Crippen LogP contribution >= 0.6 is 0 Å². The molecule has 0 saturated heterocycles. The number of ether oxygens (including phenoxy) is 1. The molecule has 0 bridgehead atoms. The first kappa shape index (κ1) is 15.2. The van der Waals surface area contributed by atoms with Crippen LogP contribution in [0.1, 0.15) is 15.9 Å². The number of pyridine rings is 1. The van der Waals surface area contributed by atoms with E-state index >= 15 is 0 Å². The Bertz CT molecular complexity index is 796. The van der Waals surface area contributed by atoms with Crippen molar-refractivity contribution in [3.05, 3.63) is 66.1 Å². The molecule has 3 rings (SSSR count). The van der Waals surface area contributed by atoms with Crippen molar-refractivity contribution in [3.8, 4) is 0 Å². The fourth-order valence-electron chi connectivity index (χ4n) is 2.50. The summed E-state index contributed by atoms with van der Waals surface area (Å²) in [6.45, 7) is 1.87. The minimum absolute atomic E-state index is 0.0877. The van der Waals surface area contributed by atoms with Gasteiger partial charge in [-0.15, -0.1) is 0 Å². The molecule has 5 heteroatoms. The third-order valence-electron chi connectivity index (χ3n) is 3.75. The summed E-state index contributed by atoms with van der Waals surface area (Å²) in [5, 5.41) is 4.04. The van der Waals surface area contributed by atoms with Crippen LogP contribution in [0.2, 0.25) is 0 Å². The fourth-order valence-corrected chi connectivity index (χ4v) is 2.50. The van der Waals surface area contributed by atoms with Gasteiger partial charge in [-0.05, 0) is 35.2 Å². The van der Waals surface area contributed by atoms with Gasteiger partial charge in [-0.25, -0.2) is 0 Å². The molecule has 1 amide bonds. The fraction of sp³-hybridized carbons (Fsp3) is 0.222. The Morgan fingerprint density at radius 1 is 1.30 bits per heavy atom. The highest BCUT2D eigenvalue weighted by Crippen LogP contribution is 2.18. The van der Waals surface area contributed by atoms with Gasteiger partial charge in [-0.2, -0.15) is 0 Å². The topological polar surface area (TPSA) is 56.1 Å². The molecule has 23 heavy (non-hydrogen) atoms. The van der Waals surface area contributed by atoms with Gasteiger partial charge in [-0.1, -0.05) is 12.1 Å². The Labute approximate surface area is 134 Å². The molecule has 2 heterocycles. The van der Waals surface area contributed by atoms with Gasteiger partial charge >= 0.3 is 0 Å². The van der Waals surface area contributed by atoms with E-state index < -0.39 is 0 Å². The van der Waals surface area contributed by atoms with Crippen molar-refractivity contribution in [3.63, 3.8) is 0 Å². The molecule has 2 aromatic heterocycles. The van der Waals surface area contributed by atoms with E-state index in [2.05, 4.69) is 14.9 Å². The van der Waals surface area contributed by atoms with Crippen LogP contribution in [0.4, 0.5) is 0 Å². The van der Waals surface area contributed by atoms with Crippen LogP contribution in [0.25, 0.3) is 10.9 Å². The van der Waals surface area contributed by atoms with E-state index in [9.17, 15) is 4.79 Å². The molecule has 0 spiro atoms. The average Bonchev–Trinajstić information content (AvgIpc) is 3.01. The average molecular weight is 309 g/mol. The third-order valence-corrected chi connectivity index (χ3v) is 3.75. The molecule has 0 fully saturated rings. The molecule has 1 aromatic carbocycles. The summed E-state index contributed by atoms with van der Waals surface area (Å²) in [6, 6.07) is 11.6. The zero-order valence-electron chi connectivity index (χ0n) is 13.0. The maximum atomic E-state index is 12.3. The number of carbonyl (C=O) groups excluding carboxylic acids is 1. The Morgan fingerprint density at radius 2 is 2.22 bits per heavy atom. The minimum Gasteiger partial charge on any atom is -0.383 e. The predicted molar refractivity (Wildman–Crippen MR) is 89.2 cm³/mol. The number of nitrogens with zero attached hydrogens (tertiary/aromatic N) is 2. The van der Waals surface area contributed by atoms with Gasteiger partial charge in [-0.3, -0.25) is 9.78 Å². The first-order valence-electron chi connectivity index (χ1n) is 7.53. The molecular formula is C18H19N3O2. The van der Waals surface area contributed by atoms with Crippen molar-refractivity contribution in [1.29, 1.82) is 0 Å². The van der Waals surface area contributed by atoms with Crippen molar-refractivity contribution in [1.82, 2.24) is 14.9 Å². The van der Waals surface area contributed by atoms with Crippen molar-refractivity contribution in [2.75, 3.05) is 13.7 Å². The number of hydrogen-bond donors (Lipinski definition) is 1. The van der Waals surface area contributed by atoms with E-state index in [1.54, 1.807) is 19.5 Å². The third kappa shape index (κ3) is 3.57. The van der Waals surface area contributed by atoms with E-state index in [0.717, 1.165) is 23.0 Å². The normalized spacial score (nSPS) is 10.8. The van der Waals surface area contributed by atoms with Crippen molar-refractivity contribution >= 4 is 16.8 Å². The van der Waals surface area contributed by atoms with Gasteiger partial charge in [0.05, 0.1) is 6.61 Å². The second-order valence-corrected chi connectivity index (χ2v) is 5.32. The maximum Gasteiger partial charge on any atom is 0.251 e. The first-order valence-corrected chi connectivity index (χ1v) is 7.53. The van der Waals surface area contributed by atoms with Gasteiger partial charge in [0.15, 0.2) is 0 Å². The van der Waals surface area contributed by atoms with Crippen LogP contribution in [0.3, 0.4) is 0 Å². The molecule has 0 unspecified atom stereocenters. The van der Waals surface area contributed by atoms with Gasteiger partial charge < -0.3 is 14.6 Å². The zero-order valence-corrected chi connectivity index (χ0v) is 13.0. The molecule has 0 aliphatic heterocycles. The smallest absolute Gasteiger partial charge is 0.251 e. The SMILES string of the molecule is COCCn1ccc2ccc(C(=O)NCc3cccnc3)cc21. The highest BCUT2D eigenvalue weighted by Gasteiger charge is 2.08. The van der Waals surface area contributed by atoms with E-state index in [1.807, 2.05) is 42.6 Å². The monoisotopic (exact) mass is 309 g/mol. The lowest BCUT2D eigenvalue weighted by Gasteiger charge is -2.08. The minimum atomic E-state index is -0.0877. The number of rotatable bonds is 6. The molecule has 0 radical (unpaired) electrons. The summed E-state index contributed by atoms with van der Waals surface area (Å²) < 4.78 is 7.22. The van der Waals surface area contributed by atoms with Crippen LogP contribution < -0.4 is 5.32 Å². The number of methoxy groups -OCH3 is 1. The van der Waals surface area contributed by atoms with Crippen molar-refractivity contribution in [2.24, 2.45) is 0 Å². The highest BCUT2D eigenvalue weighted by molar-refractivity contribution is 5.98. The lowest BCUT2D eigenvalue weighted by atomic mass is 10.1. The summed E-state index contributed by atoms with van der Waals surface area (Å²) in [5.41, 5.74) is 2.67. The number of aromatic nitrogens is 2. The first-order chi connectivity index (χ1) is 11.3. The number of carbonyl (C=O) groups is 1. The van der Waals surface area contributed by atoms with Crippen molar-refractivity contribution < 1.29 is 9.53 Å². The number of nitrogens with one attached hydrogen (secondary N) is 1. The quantitative estimate of drug-likeness (QED) is 0.761. The summed E-state index contributed by atoms with van der Waals surface area (Å²) in [5.74, 6) is -0.0877. The molecule has 0 aliphatic rings. The van der Waals surface area contributed by atoms with Crippen LogP contribution in [0.5, 0.6) is 0 Å². The summed E-state index contributed by atoms with van der Waals surface area (Å²) in [7, 11) is 1.68. The number of hydrogen-bond acceptors (Lipinski definition) is 3. The van der Waals surface area contributed by atoms with E-state index in [-0.39, 0.29) is 5.91 Å². The van der Waals surface area contributed by atoms with Crippen molar-refractivity contribution in [2.45, 2.75) is 13.1 Å². The van der Waals surface area contributed by atoms with Gasteiger partial charge in [0, 0.05) is 49.9 Å². The molecule has 0 saturated carbocycles. The second-order valence-electron chi connectivity index (χ2n) is 5.32. The Hall–Kier alpha value is -2.66. The van der Waals surface area contributed by atoms with Crippen LogP contribution in [0, 0.1) is 0 Å². The van der Waals surface area contributed by atoms with E-state index in [1.165, 1.54) is 0 Å². The van der Waals surface area contributed by atoms with Gasteiger partial charge in [0.25, 0.3) is 5.91 Å². The second kappa shape index (κ2) is 7.07. The summed E-state index contributed by atoms with van der Waals surface area (Å²) in [6.07, 6.45) is 5.48. The maximum absolute atomic E-state index is 12.3. The Kier molecular flexibility index (Phi) is 4.68. The molecular weight excluding hydrogens is 290 g/mol. The van der Waals surface area contributed by atoms with Crippen LogP contribution in [-0.2, 0) is 17.8 Å². The lowest BCUT2D eigenvalue weighted by Crippen LogP contribution is -2.22. The number of amides is 1. The molecule has 3 aromatic rings. The number of benzene rings is 1. The molecule has 0 atom stereocenters. The number of fused-ring (bicyclic) bond motifs is 1. The zero-order chi connectivity index (χ0) is 16.1. The predicted octanol–water partition coefficient (Wildman–Crippen LogP) is 2.61. The van der Waals surface area contributed by atoms with E-state index in [4.69, 9.17) is 4.74 Å². The summed E-state index contributed by atoms with van der Waals surface area (Å²) in [4.78, 5) is 16.4. The standard InChI is InChI=1S/C18H19N3O2/c1-23-10-9-21-8-6-15-4-5-16(11-17(15)21)18(22)20-13-14-3-2-7-19-12-14/h2-8,11-12H,9-10,13H2,1H3,(H,20,22). The molecule has 0 aliphatic carbocycles. The van der Waals surface area contributed by atoms with Crippen LogP contribution in [-0.4, -0.2) is 29.2 Å². The Morgan fingerprint density at radius 3 is 3.00 bits per heavy atom. The molecule has 118 valence electrons. The van der Waals surface area contributed by atoms with Gasteiger partial charge in [0.2, 0.25) is 0 Å². The Balaban J connectivity index is 1.75. The van der Waals surface area contributed by atoms with Crippen LogP contribution in [0.15, 0.2) is 55.0 Å². The molecule has 1 N–H and O–H groups in total. The lowest BCUT2D eigenvalue weighted by molar-refractivity contribution is 0.0951. The molecule has 5 nitrogen and oxygen atoms in total. The summed E-state index contributed by atoms with van der Waals surface area (Å²) >= 11 is 0. The van der Waals surface area contributed by atoms with Gasteiger partial charge in [0.1, 0.15) is 0 Å². The van der Waals surface area contributed by atoms with E-state index in [0.29, 0.717) is 18.7 Å². The highest BCUT2D eigenvalue weighted by atomic mass is 16.5.